The number of hydrogen-bond donors (Lipinski definition) is 4. The van der Waals surface area contributed by atoms with Crippen molar-refractivity contribution in [1.82, 2.24) is 0 Å². The lowest BCUT2D eigenvalue weighted by atomic mass is 10.0. The van der Waals surface area contributed by atoms with Crippen LogP contribution < -0.4 is 4.89 Å². The van der Waals surface area contributed by atoms with Gasteiger partial charge in [0, 0.05) is 6.42 Å². The summed E-state index contributed by atoms with van der Waals surface area (Å²) in [4.78, 5) is 20.0. The first kappa shape index (κ1) is 23.0. The molecule has 1 rings (SSSR count). The number of benzene rings is 1. The minimum Gasteiger partial charge on any atom is -0.756 e. The molecule has 0 radical (unpaired) electrons. The van der Waals surface area contributed by atoms with Crippen LogP contribution in [0.25, 0.3) is 6.08 Å². The molecule has 2 atom stereocenters. The third kappa shape index (κ3) is 7.26. The van der Waals surface area contributed by atoms with Gasteiger partial charge in [0.05, 0.1) is 19.8 Å². The summed E-state index contributed by atoms with van der Waals surface area (Å²) in [5.74, 6) is 0. The van der Waals surface area contributed by atoms with Gasteiger partial charge >= 0.3 is 0 Å². The summed E-state index contributed by atoms with van der Waals surface area (Å²) in [5.41, 5.74) is 1.82. The van der Waals surface area contributed by atoms with Gasteiger partial charge in [0.1, 0.15) is 32.3 Å². The van der Waals surface area contributed by atoms with Gasteiger partial charge in [-0.2, -0.15) is 0 Å². The Morgan fingerprint density at radius 1 is 1.12 bits per heavy atom. The van der Waals surface area contributed by atoms with E-state index in [0.717, 1.165) is 11.1 Å². The van der Waals surface area contributed by atoms with Crippen LogP contribution in [0, 0.1) is 0 Å². The van der Waals surface area contributed by atoms with Gasteiger partial charge in [-0.05, 0) is 11.1 Å². The highest BCUT2D eigenvalue weighted by molar-refractivity contribution is 7.44. The number of rotatable bonds is 13. The van der Waals surface area contributed by atoms with Crippen LogP contribution in [0.4, 0.5) is 0 Å². The molecule has 0 heterocycles. The van der Waals surface area contributed by atoms with Crippen molar-refractivity contribution in [3.8, 4) is 0 Å². The van der Waals surface area contributed by atoms with Crippen molar-refractivity contribution < 1.29 is 38.7 Å². The number of aliphatic hydroxyl groups excluding tert-OH is 3. The largest absolute Gasteiger partial charge is 0.756 e. The Kier molecular flexibility index (Phi) is 9.63. The Bertz CT molecular complexity index is 570. The minimum atomic E-state index is -4.92. The van der Waals surface area contributed by atoms with Gasteiger partial charge in [-0.25, -0.2) is 0 Å². The Morgan fingerprint density at radius 3 is 2.00 bits per heavy atom. The van der Waals surface area contributed by atoms with Crippen LogP contribution in [0.15, 0.2) is 30.8 Å². The summed E-state index contributed by atoms with van der Waals surface area (Å²) in [6.45, 7) is 3.34. The van der Waals surface area contributed by atoms with Crippen molar-refractivity contribution in [2.24, 2.45) is 0 Å². The van der Waals surface area contributed by atoms with E-state index in [-0.39, 0.29) is 50.5 Å². The van der Waals surface area contributed by atoms with Gasteiger partial charge in [0.2, 0.25) is 0 Å². The van der Waals surface area contributed by atoms with Crippen molar-refractivity contribution >= 4 is 13.9 Å². The Labute approximate surface area is 153 Å². The first-order chi connectivity index (χ1) is 12.3. The molecule has 26 heavy (non-hydrogen) atoms. The second-order valence-corrected chi connectivity index (χ2v) is 7.32. The average Bonchev–Trinajstić information content (AvgIpc) is 2.59. The minimum absolute atomic E-state index is 0.0622. The fourth-order valence-electron chi connectivity index (χ4n) is 3.13. The van der Waals surface area contributed by atoms with Crippen LogP contribution in [0.5, 0.6) is 0 Å². The normalized spacial score (nSPS) is 15.4. The molecule has 2 unspecified atom stereocenters. The standard InChI is InChI=1S/C17H28NO7P/c1-2-15-3-5-16(6-4-15)13-17(14-25-26(22,23)24)18(7-10-19,8-11-20)9-12-21/h2-6,17,19-21H,1,7-14H2,(H-,22,23,24). The fourth-order valence-corrected chi connectivity index (χ4v) is 3.49. The zero-order valence-electron chi connectivity index (χ0n) is 14.7. The number of nitrogens with zero attached hydrogens (tertiary/aromatic N) is 1. The lowest BCUT2D eigenvalue weighted by Crippen LogP contribution is -2.61. The van der Waals surface area contributed by atoms with E-state index in [0.29, 0.717) is 6.42 Å². The monoisotopic (exact) mass is 389 g/mol. The van der Waals surface area contributed by atoms with E-state index in [1.54, 1.807) is 6.08 Å². The molecule has 1 aromatic rings. The molecule has 8 nitrogen and oxygen atoms in total. The van der Waals surface area contributed by atoms with Crippen LogP contribution >= 0.6 is 7.82 Å². The molecule has 0 aliphatic rings. The fraction of sp³-hybridized carbons (Fsp3) is 0.529. The molecule has 4 N–H and O–H groups in total. The second-order valence-electron chi connectivity index (χ2n) is 6.13. The van der Waals surface area contributed by atoms with Gasteiger partial charge in [-0.15, -0.1) is 0 Å². The molecule has 0 spiro atoms. The lowest BCUT2D eigenvalue weighted by Gasteiger charge is -2.44. The predicted octanol–water partition coefficient (Wildman–Crippen LogP) is -0.488. The summed E-state index contributed by atoms with van der Waals surface area (Å²) in [6.07, 6.45) is 2.07. The van der Waals surface area contributed by atoms with Crippen molar-refractivity contribution in [3.63, 3.8) is 0 Å². The SMILES string of the molecule is C=Cc1ccc(CC(COP(=O)([O-])O)[N+](CCO)(CCO)CCO)cc1. The van der Waals surface area contributed by atoms with E-state index in [1.807, 2.05) is 24.3 Å². The highest BCUT2D eigenvalue weighted by atomic mass is 31.2. The van der Waals surface area contributed by atoms with E-state index in [1.165, 1.54) is 0 Å². The van der Waals surface area contributed by atoms with Gasteiger partial charge < -0.3 is 34.1 Å². The third-order valence-corrected chi connectivity index (χ3v) is 5.00. The molecule has 0 aliphatic carbocycles. The number of aliphatic hydroxyl groups is 3. The molecule has 9 heteroatoms. The van der Waals surface area contributed by atoms with Crippen molar-refractivity contribution in [2.45, 2.75) is 12.5 Å². The molecule has 0 aromatic heterocycles. The molecule has 0 saturated carbocycles. The zero-order valence-corrected chi connectivity index (χ0v) is 15.6. The van der Waals surface area contributed by atoms with E-state index in [2.05, 4.69) is 11.1 Å². The summed E-state index contributed by atoms with van der Waals surface area (Å²) < 4.78 is 15.8. The van der Waals surface area contributed by atoms with Crippen LogP contribution in [-0.2, 0) is 15.5 Å². The third-order valence-electron chi connectivity index (χ3n) is 4.53. The van der Waals surface area contributed by atoms with Crippen LogP contribution in [0.1, 0.15) is 11.1 Å². The first-order valence-electron chi connectivity index (χ1n) is 8.38. The zero-order chi connectivity index (χ0) is 19.6. The molecule has 0 fully saturated rings. The van der Waals surface area contributed by atoms with E-state index >= 15 is 0 Å². The van der Waals surface area contributed by atoms with E-state index in [9.17, 15) is 24.8 Å². The van der Waals surface area contributed by atoms with Crippen molar-refractivity contribution in [1.29, 1.82) is 0 Å². The topological polar surface area (TPSA) is 130 Å². The molecule has 0 saturated heterocycles. The molecule has 0 amide bonds. The summed E-state index contributed by atoms with van der Waals surface area (Å²) in [6, 6.07) is 6.95. The highest BCUT2D eigenvalue weighted by Crippen LogP contribution is 2.32. The molecule has 1 aromatic carbocycles. The Balaban J connectivity index is 3.15. The second kappa shape index (κ2) is 10.9. The van der Waals surface area contributed by atoms with Crippen LogP contribution in [-0.4, -0.2) is 76.8 Å². The molecular formula is C17H28NO7P. The maximum absolute atomic E-state index is 11.1. The quantitative estimate of drug-likeness (QED) is 0.265. The van der Waals surface area contributed by atoms with E-state index in [4.69, 9.17) is 4.89 Å². The summed E-state index contributed by atoms with van der Waals surface area (Å²) >= 11 is 0. The number of quaternary nitrogens is 1. The number of hydrogen-bond acceptors (Lipinski definition) is 6. The van der Waals surface area contributed by atoms with Crippen LogP contribution in [0.2, 0.25) is 0 Å². The number of phosphoric acid groups is 1. The maximum atomic E-state index is 11.1. The molecule has 0 bridgehead atoms. The highest BCUT2D eigenvalue weighted by Gasteiger charge is 2.36. The predicted molar refractivity (Wildman–Crippen MR) is 95.9 cm³/mol. The molecular weight excluding hydrogens is 361 g/mol. The van der Waals surface area contributed by atoms with Crippen molar-refractivity contribution in [2.75, 3.05) is 46.1 Å². The Hall–Kier alpha value is -1.09. The smallest absolute Gasteiger partial charge is 0.265 e. The lowest BCUT2D eigenvalue weighted by molar-refractivity contribution is -0.952. The maximum Gasteiger partial charge on any atom is 0.265 e. The van der Waals surface area contributed by atoms with Gasteiger partial charge in [0.15, 0.2) is 0 Å². The Morgan fingerprint density at radius 2 is 1.62 bits per heavy atom. The van der Waals surface area contributed by atoms with Crippen LogP contribution in [0.3, 0.4) is 0 Å². The van der Waals surface area contributed by atoms with Gasteiger partial charge in [-0.3, -0.25) is 4.57 Å². The first-order valence-corrected chi connectivity index (χ1v) is 9.88. The summed E-state index contributed by atoms with van der Waals surface area (Å²) in [5, 5.41) is 28.4. The van der Waals surface area contributed by atoms with Gasteiger partial charge in [0.25, 0.3) is 7.82 Å². The number of phosphoric ester groups is 1. The average molecular weight is 389 g/mol. The van der Waals surface area contributed by atoms with E-state index < -0.39 is 13.9 Å². The van der Waals surface area contributed by atoms with Gasteiger partial charge in [-0.1, -0.05) is 36.9 Å². The molecule has 0 aliphatic heterocycles. The summed E-state index contributed by atoms with van der Waals surface area (Å²) in [7, 11) is -4.92. The molecule has 148 valence electrons. The van der Waals surface area contributed by atoms with Crippen molar-refractivity contribution in [3.05, 3.63) is 42.0 Å².